The number of rotatable bonds is 2. The van der Waals surface area contributed by atoms with Crippen molar-refractivity contribution in [1.82, 2.24) is 0 Å². The first kappa shape index (κ1) is 14.9. The first-order valence-corrected chi connectivity index (χ1v) is 5.98. The van der Waals surface area contributed by atoms with Gasteiger partial charge in [0.25, 0.3) is 0 Å². The summed E-state index contributed by atoms with van der Waals surface area (Å²) >= 11 is 0. The highest BCUT2D eigenvalue weighted by Crippen LogP contribution is 2.33. The van der Waals surface area contributed by atoms with E-state index in [0.717, 1.165) is 12.1 Å². The number of carbonyl (C=O) groups excluding carboxylic acids is 1. The number of carbonyl (C=O) groups is 1. The first-order valence-electron chi connectivity index (χ1n) is 5.98. The van der Waals surface area contributed by atoms with Crippen LogP contribution in [0.1, 0.15) is 15.9 Å². The van der Waals surface area contributed by atoms with Crippen molar-refractivity contribution in [2.45, 2.75) is 6.18 Å². The van der Waals surface area contributed by atoms with Crippen molar-refractivity contribution >= 4 is 11.7 Å². The van der Waals surface area contributed by atoms with Crippen molar-refractivity contribution in [3.63, 3.8) is 0 Å². The number of benzene rings is 2. The maximum absolute atomic E-state index is 12.8. The summed E-state index contributed by atoms with van der Waals surface area (Å²) in [5, 5.41) is 0. The van der Waals surface area contributed by atoms with Gasteiger partial charge in [0.05, 0.1) is 18.2 Å². The van der Waals surface area contributed by atoms with Gasteiger partial charge in [-0.15, -0.1) is 0 Å². The molecule has 2 aromatic carbocycles. The summed E-state index contributed by atoms with van der Waals surface area (Å²) in [6.07, 6.45) is -4.46. The largest absolute Gasteiger partial charge is 0.465 e. The molecule has 0 radical (unpaired) electrons. The summed E-state index contributed by atoms with van der Waals surface area (Å²) < 4.78 is 42.9. The zero-order valence-corrected chi connectivity index (χ0v) is 11.1. The van der Waals surface area contributed by atoms with Gasteiger partial charge in [0.2, 0.25) is 0 Å². The minimum Gasteiger partial charge on any atom is -0.465 e. The zero-order valence-electron chi connectivity index (χ0n) is 11.1. The molecule has 0 aromatic heterocycles. The molecule has 0 bridgehead atoms. The molecule has 3 nitrogen and oxygen atoms in total. The Balaban J connectivity index is 2.61. The van der Waals surface area contributed by atoms with Crippen molar-refractivity contribution < 1.29 is 22.7 Å². The van der Waals surface area contributed by atoms with Crippen molar-refractivity contribution in [3.8, 4) is 11.1 Å². The Morgan fingerprint density at radius 2 is 1.86 bits per heavy atom. The van der Waals surface area contributed by atoms with Gasteiger partial charge in [0, 0.05) is 5.69 Å². The fourth-order valence-electron chi connectivity index (χ4n) is 1.95. The van der Waals surface area contributed by atoms with Crippen LogP contribution in [0.5, 0.6) is 0 Å². The van der Waals surface area contributed by atoms with Gasteiger partial charge in [-0.25, -0.2) is 4.79 Å². The summed E-state index contributed by atoms with van der Waals surface area (Å²) in [6.45, 7) is 0. The molecule has 0 amide bonds. The number of anilines is 1. The highest BCUT2D eigenvalue weighted by atomic mass is 19.4. The second-order valence-corrected chi connectivity index (χ2v) is 4.38. The Morgan fingerprint density at radius 1 is 1.14 bits per heavy atom. The van der Waals surface area contributed by atoms with Gasteiger partial charge < -0.3 is 10.5 Å². The van der Waals surface area contributed by atoms with Crippen LogP contribution in [0.15, 0.2) is 42.5 Å². The highest BCUT2D eigenvalue weighted by molar-refractivity contribution is 5.98. The third-order valence-electron chi connectivity index (χ3n) is 2.95. The summed E-state index contributed by atoms with van der Waals surface area (Å²) in [7, 11) is 1.20. The number of nitrogen functional groups attached to an aromatic ring is 1. The van der Waals surface area contributed by atoms with Crippen LogP contribution in [-0.4, -0.2) is 13.1 Å². The Bertz CT molecular complexity index is 681. The fraction of sp³-hybridized carbons (Fsp3) is 0.133. The van der Waals surface area contributed by atoms with Crippen LogP contribution < -0.4 is 5.73 Å². The van der Waals surface area contributed by atoms with Crippen molar-refractivity contribution in [2.24, 2.45) is 0 Å². The number of halogens is 3. The van der Waals surface area contributed by atoms with E-state index in [-0.39, 0.29) is 11.1 Å². The summed E-state index contributed by atoms with van der Waals surface area (Å²) in [5.41, 5.74) is 5.91. The number of methoxy groups -OCH3 is 1. The second kappa shape index (κ2) is 5.47. The summed E-state index contributed by atoms with van der Waals surface area (Å²) in [5.74, 6) is -0.637. The van der Waals surface area contributed by atoms with Crippen molar-refractivity contribution in [3.05, 3.63) is 53.6 Å². The standard InChI is InChI=1S/C15H12F3NO2/c1-21-14(20)12-6-5-11(19)8-13(12)9-3-2-4-10(7-9)15(16,17)18/h2-8H,19H2,1H3. The molecule has 0 aliphatic carbocycles. The molecule has 0 unspecified atom stereocenters. The molecule has 0 heterocycles. The smallest absolute Gasteiger partial charge is 0.416 e. The predicted octanol–water partition coefficient (Wildman–Crippen LogP) is 3.74. The minimum atomic E-state index is -4.46. The van der Waals surface area contributed by atoms with Gasteiger partial charge >= 0.3 is 12.1 Å². The van der Waals surface area contributed by atoms with E-state index in [9.17, 15) is 18.0 Å². The normalized spacial score (nSPS) is 11.2. The zero-order chi connectivity index (χ0) is 15.6. The lowest BCUT2D eigenvalue weighted by atomic mass is 9.97. The van der Waals surface area contributed by atoms with Crippen LogP contribution in [0.4, 0.5) is 18.9 Å². The molecule has 0 saturated carbocycles. The van der Waals surface area contributed by atoms with Gasteiger partial charge in [-0.05, 0) is 41.5 Å². The maximum Gasteiger partial charge on any atom is 0.416 e. The van der Waals surface area contributed by atoms with Crippen LogP contribution in [0.25, 0.3) is 11.1 Å². The van der Waals surface area contributed by atoms with E-state index in [4.69, 9.17) is 5.73 Å². The fourth-order valence-corrected chi connectivity index (χ4v) is 1.95. The molecule has 0 spiro atoms. The van der Waals surface area contributed by atoms with E-state index in [1.807, 2.05) is 0 Å². The molecule has 2 rings (SSSR count). The lowest BCUT2D eigenvalue weighted by Gasteiger charge is -2.12. The van der Waals surface area contributed by atoms with Gasteiger partial charge in [-0.2, -0.15) is 13.2 Å². The van der Waals surface area contributed by atoms with E-state index in [2.05, 4.69) is 4.74 Å². The quantitative estimate of drug-likeness (QED) is 0.678. The molecule has 2 aromatic rings. The van der Waals surface area contributed by atoms with Gasteiger partial charge in [0.1, 0.15) is 0 Å². The first-order chi connectivity index (χ1) is 9.82. The Hall–Kier alpha value is -2.50. The van der Waals surface area contributed by atoms with Crippen LogP contribution in [0.2, 0.25) is 0 Å². The average molecular weight is 295 g/mol. The van der Waals surface area contributed by atoms with Crippen LogP contribution >= 0.6 is 0 Å². The second-order valence-electron chi connectivity index (χ2n) is 4.38. The molecular formula is C15H12F3NO2. The number of nitrogens with two attached hydrogens (primary N) is 1. The third-order valence-corrected chi connectivity index (χ3v) is 2.95. The van der Waals surface area contributed by atoms with E-state index in [1.165, 1.54) is 37.4 Å². The van der Waals surface area contributed by atoms with Gasteiger partial charge in [0.15, 0.2) is 0 Å². The minimum absolute atomic E-state index is 0.158. The number of ether oxygens (including phenoxy) is 1. The molecule has 2 N–H and O–H groups in total. The number of esters is 1. The van der Waals surface area contributed by atoms with E-state index >= 15 is 0 Å². The number of hydrogen-bond acceptors (Lipinski definition) is 3. The SMILES string of the molecule is COC(=O)c1ccc(N)cc1-c1cccc(C(F)(F)F)c1. The summed E-state index contributed by atoms with van der Waals surface area (Å²) in [4.78, 5) is 11.7. The average Bonchev–Trinajstić information content (AvgIpc) is 2.45. The van der Waals surface area contributed by atoms with Crippen molar-refractivity contribution in [1.29, 1.82) is 0 Å². The molecule has 110 valence electrons. The molecule has 21 heavy (non-hydrogen) atoms. The van der Waals surface area contributed by atoms with E-state index in [1.54, 1.807) is 0 Å². The lowest BCUT2D eigenvalue weighted by Crippen LogP contribution is -2.06. The van der Waals surface area contributed by atoms with E-state index < -0.39 is 17.7 Å². The maximum atomic E-state index is 12.8. The molecule has 0 fully saturated rings. The molecule has 0 aliphatic rings. The van der Waals surface area contributed by atoms with Crippen LogP contribution in [-0.2, 0) is 10.9 Å². The molecular weight excluding hydrogens is 283 g/mol. The number of alkyl halides is 3. The van der Waals surface area contributed by atoms with Crippen molar-refractivity contribution in [2.75, 3.05) is 12.8 Å². The molecule has 0 saturated heterocycles. The summed E-state index contributed by atoms with van der Waals surface area (Å²) in [6, 6.07) is 9.07. The monoisotopic (exact) mass is 295 g/mol. The van der Waals surface area contributed by atoms with Crippen LogP contribution in [0.3, 0.4) is 0 Å². The Morgan fingerprint density at radius 3 is 2.48 bits per heavy atom. The van der Waals surface area contributed by atoms with Gasteiger partial charge in [-0.3, -0.25) is 0 Å². The topological polar surface area (TPSA) is 52.3 Å². The Labute approximate surface area is 119 Å². The van der Waals surface area contributed by atoms with Crippen LogP contribution in [0, 0.1) is 0 Å². The lowest BCUT2D eigenvalue weighted by molar-refractivity contribution is -0.137. The van der Waals surface area contributed by atoms with Gasteiger partial charge in [-0.1, -0.05) is 12.1 Å². The highest BCUT2D eigenvalue weighted by Gasteiger charge is 2.30. The predicted molar refractivity (Wildman–Crippen MR) is 72.6 cm³/mol. The number of hydrogen-bond donors (Lipinski definition) is 1. The third kappa shape index (κ3) is 3.16. The molecule has 6 heteroatoms. The van der Waals surface area contributed by atoms with E-state index in [0.29, 0.717) is 11.3 Å². The molecule has 0 atom stereocenters. The Kier molecular flexibility index (Phi) is 3.88. The molecule has 0 aliphatic heterocycles.